The fourth-order valence-corrected chi connectivity index (χ4v) is 2.35. The molecule has 0 N–H and O–H groups in total. The molecule has 3 rings (SSSR count). The number of aryl methyl sites for hydroxylation is 1. The van der Waals surface area contributed by atoms with Crippen LogP contribution in [-0.2, 0) is 5.41 Å². The van der Waals surface area contributed by atoms with E-state index in [1.807, 2.05) is 0 Å². The second kappa shape index (κ2) is 3.61. The Morgan fingerprint density at radius 3 is 2.33 bits per heavy atom. The quantitative estimate of drug-likeness (QED) is 0.525. The lowest BCUT2D eigenvalue weighted by atomic mass is 9.86. The molecule has 0 saturated carbocycles. The molecule has 1 aromatic heterocycles. The summed E-state index contributed by atoms with van der Waals surface area (Å²) in [6, 6.07) is 12.9. The second-order valence-electron chi connectivity index (χ2n) is 6.06. The van der Waals surface area contributed by atoms with Crippen LogP contribution in [0.25, 0.3) is 21.9 Å². The number of hydrogen-bond acceptors (Lipinski definition) is 1. The summed E-state index contributed by atoms with van der Waals surface area (Å²) in [7, 11) is 0. The molecule has 1 nitrogen and oxygen atoms in total. The van der Waals surface area contributed by atoms with E-state index in [0.29, 0.717) is 0 Å². The van der Waals surface area contributed by atoms with Crippen molar-refractivity contribution in [2.45, 2.75) is 33.1 Å². The predicted octanol–water partition coefficient (Wildman–Crippen LogP) is 5.19. The highest BCUT2D eigenvalue weighted by atomic mass is 16.3. The third-order valence-corrected chi connectivity index (χ3v) is 3.49. The summed E-state index contributed by atoms with van der Waals surface area (Å²) >= 11 is 0. The Kier molecular flexibility index (Phi) is 2.28. The maximum atomic E-state index is 5.90. The third kappa shape index (κ3) is 1.71. The molecule has 18 heavy (non-hydrogen) atoms. The molecule has 0 bridgehead atoms. The predicted molar refractivity (Wildman–Crippen MR) is 77.2 cm³/mol. The molecule has 0 aliphatic carbocycles. The highest BCUT2D eigenvalue weighted by Crippen LogP contribution is 2.33. The topological polar surface area (TPSA) is 13.1 Å². The van der Waals surface area contributed by atoms with Crippen LogP contribution in [0.3, 0.4) is 0 Å². The maximum Gasteiger partial charge on any atom is 0.135 e. The molecule has 2 aromatic carbocycles. The molecule has 0 saturated heterocycles. The molecular formula is C17H18O. The van der Waals surface area contributed by atoms with Crippen molar-refractivity contribution in [1.29, 1.82) is 0 Å². The van der Waals surface area contributed by atoms with Crippen LogP contribution in [0.2, 0.25) is 0 Å². The van der Waals surface area contributed by atoms with Gasteiger partial charge in [-0.25, -0.2) is 0 Å². The summed E-state index contributed by atoms with van der Waals surface area (Å²) in [4.78, 5) is 0. The van der Waals surface area contributed by atoms with Crippen LogP contribution in [0.5, 0.6) is 0 Å². The van der Waals surface area contributed by atoms with Gasteiger partial charge in [-0.3, -0.25) is 0 Å². The molecule has 92 valence electrons. The minimum atomic E-state index is 0.169. The first-order valence-electron chi connectivity index (χ1n) is 6.38. The van der Waals surface area contributed by atoms with E-state index >= 15 is 0 Å². The molecule has 0 aliphatic heterocycles. The van der Waals surface area contributed by atoms with E-state index in [1.54, 1.807) is 0 Å². The Morgan fingerprint density at radius 1 is 0.833 bits per heavy atom. The third-order valence-electron chi connectivity index (χ3n) is 3.49. The van der Waals surface area contributed by atoms with Gasteiger partial charge >= 0.3 is 0 Å². The average Bonchev–Trinajstić information content (AvgIpc) is 2.63. The fourth-order valence-electron chi connectivity index (χ4n) is 2.35. The van der Waals surface area contributed by atoms with Crippen LogP contribution in [0, 0.1) is 6.92 Å². The number of benzene rings is 2. The van der Waals surface area contributed by atoms with Crippen molar-refractivity contribution in [2.75, 3.05) is 0 Å². The molecule has 0 spiro atoms. The van der Waals surface area contributed by atoms with Gasteiger partial charge in [0, 0.05) is 10.8 Å². The molecule has 1 heteroatoms. The van der Waals surface area contributed by atoms with Crippen LogP contribution in [0.4, 0.5) is 0 Å². The monoisotopic (exact) mass is 238 g/mol. The van der Waals surface area contributed by atoms with E-state index < -0.39 is 0 Å². The summed E-state index contributed by atoms with van der Waals surface area (Å²) in [5.74, 6) is 0. The molecular weight excluding hydrogens is 220 g/mol. The molecule has 0 radical (unpaired) electrons. The fraction of sp³-hybridized carbons (Fsp3) is 0.294. The minimum Gasteiger partial charge on any atom is -0.456 e. The number of rotatable bonds is 0. The van der Waals surface area contributed by atoms with Gasteiger partial charge in [0.05, 0.1) is 0 Å². The van der Waals surface area contributed by atoms with Crippen molar-refractivity contribution in [2.24, 2.45) is 0 Å². The first kappa shape index (κ1) is 11.3. The molecule has 0 unspecified atom stereocenters. The van der Waals surface area contributed by atoms with E-state index in [4.69, 9.17) is 4.42 Å². The SMILES string of the molecule is Cc1ccc2c(c1)oc1ccc(C(C)(C)C)cc12. The first-order valence-corrected chi connectivity index (χ1v) is 6.38. The van der Waals surface area contributed by atoms with E-state index in [-0.39, 0.29) is 5.41 Å². The molecule has 3 aromatic rings. The van der Waals surface area contributed by atoms with Crippen molar-refractivity contribution in [3.8, 4) is 0 Å². The number of fused-ring (bicyclic) bond motifs is 3. The molecule has 0 aliphatic rings. The zero-order chi connectivity index (χ0) is 12.9. The van der Waals surface area contributed by atoms with Crippen LogP contribution in [-0.4, -0.2) is 0 Å². The van der Waals surface area contributed by atoms with Gasteiger partial charge < -0.3 is 4.42 Å². The van der Waals surface area contributed by atoms with Crippen LogP contribution < -0.4 is 0 Å². The second-order valence-corrected chi connectivity index (χ2v) is 6.06. The summed E-state index contributed by atoms with van der Waals surface area (Å²) in [5.41, 5.74) is 4.71. The Hall–Kier alpha value is -1.76. The summed E-state index contributed by atoms with van der Waals surface area (Å²) < 4.78 is 5.90. The van der Waals surface area contributed by atoms with Crippen molar-refractivity contribution < 1.29 is 4.42 Å². The molecule has 1 heterocycles. The Bertz CT molecular complexity index is 726. The molecule has 0 amide bonds. The lowest BCUT2D eigenvalue weighted by Gasteiger charge is -2.18. The van der Waals surface area contributed by atoms with Gasteiger partial charge in [-0.05, 0) is 41.7 Å². The number of hydrogen-bond donors (Lipinski definition) is 0. The van der Waals surface area contributed by atoms with Crippen molar-refractivity contribution in [3.63, 3.8) is 0 Å². The van der Waals surface area contributed by atoms with E-state index in [2.05, 4.69) is 64.1 Å². The lowest BCUT2D eigenvalue weighted by Crippen LogP contribution is -2.10. The van der Waals surface area contributed by atoms with E-state index in [1.165, 1.54) is 21.9 Å². The maximum absolute atomic E-state index is 5.90. The highest BCUT2D eigenvalue weighted by molar-refractivity contribution is 6.05. The van der Waals surface area contributed by atoms with Gasteiger partial charge in [-0.2, -0.15) is 0 Å². The van der Waals surface area contributed by atoms with Gasteiger partial charge in [-0.1, -0.05) is 39.0 Å². The van der Waals surface area contributed by atoms with Gasteiger partial charge in [0.15, 0.2) is 0 Å². The largest absolute Gasteiger partial charge is 0.456 e. The lowest BCUT2D eigenvalue weighted by molar-refractivity contribution is 0.590. The first-order chi connectivity index (χ1) is 8.45. The van der Waals surface area contributed by atoms with Gasteiger partial charge in [0.2, 0.25) is 0 Å². The van der Waals surface area contributed by atoms with Gasteiger partial charge in [0.25, 0.3) is 0 Å². The highest BCUT2D eigenvalue weighted by Gasteiger charge is 2.15. The standard InChI is InChI=1S/C17H18O/c1-11-5-7-13-14-10-12(17(2,3)4)6-8-15(14)18-16(13)9-11/h5-10H,1-4H3. The van der Waals surface area contributed by atoms with Crippen LogP contribution in [0.1, 0.15) is 31.9 Å². The van der Waals surface area contributed by atoms with E-state index in [9.17, 15) is 0 Å². The molecule has 0 atom stereocenters. The minimum absolute atomic E-state index is 0.169. The van der Waals surface area contributed by atoms with Gasteiger partial charge in [-0.15, -0.1) is 0 Å². The molecule has 0 fully saturated rings. The smallest absolute Gasteiger partial charge is 0.135 e. The zero-order valence-electron chi connectivity index (χ0n) is 11.4. The van der Waals surface area contributed by atoms with Crippen molar-refractivity contribution in [3.05, 3.63) is 47.5 Å². The van der Waals surface area contributed by atoms with E-state index in [0.717, 1.165) is 11.2 Å². The van der Waals surface area contributed by atoms with Gasteiger partial charge in [0.1, 0.15) is 11.2 Å². The van der Waals surface area contributed by atoms with Crippen molar-refractivity contribution in [1.82, 2.24) is 0 Å². The number of furan rings is 1. The summed E-state index contributed by atoms with van der Waals surface area (Å²) in [6.45, 7) is 8.80. The van der Waals surface area contributed by atoms with Crippen molar-refractivity contribution >= 4 is 21.9 Å². The zero-order valence-corrected chi connectivity index (χ0v) is 11.4. The Morgan fingerprint density at radius 2 is 1.61 bits per heavy atom. The Balaban J connectivity index is 2.36. The summed E-state index contributed by atoms with van der Waals surface area (Å²) in [6.07, 6.45) is 0. The van der Waals surface area contributed by atoms with Crippen LogP contribution >= 0.6 is 0 Å². The Labute approximate surface area is 107 Å². The normalized spacial score (nSPS) is 12.4. The average molecular weight is 238 g/mol. The summed E-state index contributed by atoms with van der Waals surface area (Å²) in [5, 5.41) is 2.43. The van der Waals surface area contributed by atoms with Crippen LogP contribution in [0.15, 0.2) is 40.8 Å².